The normalized spacial score (nSPS) is 12.4. The highest BCUT2D eigenvalue weighted by atomic mass is 16.5. The van der Waals surface area contributed by atoms with Crippen molar-refractivity contribution < 1.29 is 19.1 Å². The molecule has 3 rings (SSSR count). The molecule has 0 heterocycles. The van der Waals surface area contributed by atoms with Crippen molar-refractivity contribution in [3.63, 3.8) is 0 Å². The number of carbonyl (C=O) groups is 3. The molecule has 2 aromatic rings. The van der Waals surface area contributed by atoms with Gasteiger partial charge in [0.1, 0.15) is 5.75 Å². The molecule has 0 bridgehead atoms. The van der Waals surface area contributed by atoms with Crippen molar-refractivity contribution in [2.75, 3.05) is 0 Å². The number of ether oxygens (including phenoxy) is 1. The largest absolute Gasteiger partial charge is 0.422 e. The lowest BCUT2D eigenvalue weighted by Crippen LogP contribution is -2.22. The smallest absolute Gasteiger partial charge is 0.338 e. The first-order valence-electron chi connectivity index (χ1n) is 7.26. The first-order valence-corrected chi connectivity index (χ1v) is 7.26. The molecule has 0 aromatic heterocycles. The molecule has 114 valence electrons. The highest BCUT2D eigenvalue weighted by Crippen LogP contribution is 2.33. The fraction of sp³-hybridized carbons (Fsp3) is 0.105. The highest BCUT2D eigenvalue weighted by Gasteiger charge is 2.32. The number of esters is 1. The minimum Gasteiger partial charge on any atom is -0.422 e. The van der Waals surface area contributed by atoms with E-state index in [0.717, 1.165) is 0 Å². The number of hydrogen-bond acceptors (Lipinski definition) is 4. The Morgan fingerprint density at radius 1 is 0.957 bits per heavy atom. The van der Waals surface area contributed by atoms with Crippen LogP contribution in [0.3, 0.4) is 0 Å². The summed E-state index contributed by atoms with van der Waals surface area (Å²) in [7, 11) is 0. The molecule has 0 saturated carbocycles. The number of hydrogen-bond donors (Lipinski definition) is 0. The van der Waals surface area contributed by atoms with Crippen molar-refractivity contribution in [3.8, 4) is 5.75 Å². The monoisotopic (exact) mass is 306 g/mol. The van der Waals surface area contributed by atoms with Gasteiger partial charge < -0.3 is 4.74 Å². The second-order valence-corrected chi connectivity index (χ2v) is 5.23. The molecular weight excluding hydrogens is 292 g/mol. The summed E-state index contributed by atoms with van der Waals surface area (Å²) in [5, 5.41) is 0. The van der Waals surface area contributed by atoms with E-state index in [9.17, 15) is 14.4 Å². The van der Waals surface area contributed by atoms with Crippen LogP contribution in [0.2, 0.25) is 0 Å². The van der Waals surface area contributed by atoms with E-state index in [-0.39, 0.29) is 28.4 Å². The van der Waals surface area contributed by atoms with E-state index >= 15 is 0 Å². The van der Waals surface area contributed by atoms with Crippen LogP contribution in [0.15, 0.2) is 54.6 Å². The first-order chi connectivity index (χ1) is 11.0. The average molecular weight is 306 g/mol. The van der Waals surface area contributed by atoms with E-state index < -0.39 is 5.97 Å². The van der Waals surface area contributed by atoms with Gasteiger partial charge >= 0.3 is 5.97 Å². The second kappa shape index (κ2) is 5.65. The molecular formula is C19H14O4. The maximum absolute atomic E-state index is 12.7. The number of benzene rings is 2. The molecule has 0 spiro atoms. The summed E-state index contributed by atoms with van der Waals surface area (Å²) < 4.78 is 5.29. The van der Waals surface area contributed by atoms with Crippen LogP contribution in [0.1, 0.15) is 45.2 Å². The Morgan fingerprint density at radius 2 is 1.57 bits per heavy atom. The van der Waals surface area contributed by atoms with Crippen molar-refractivity contribution >= 4 is 17.5 Å². The summed E-state index contributed by atoms with van der Waals surface area (Å²) in [6.07, 6.45) is 0.448. The number of ketones is 2. The SMILES string of the molecule is C=C(CC)C(=O)Oc1cccc2c1C(=O)c1ccccc1C2=O. The molecule has 0 amide bonds. The third-order valence-corrected chi connectivity index (χ3v) is 3.83. The molecule has 1 aliphatic rings. The number of carbonyl (C=O) groups excluding carboxylic acids is 3. The van der Waals surface area contributed by atoms with E-state index in [1.54, 1.807) is 43.3 Å². The van der Waals surface area contributed by atoms with Gasteiger partial charge in [0, 0.05) is 22.3 Å². The zero-order chi connectivity index (χ0) is 16.6. The maximum atomic E-state index is 12.7. The third-order valence-electron chi connectivity index (χ3n) is 3.83. The summed E-state index contributed by atoms with van der Waals surface area (Å²) in [6.45, 7) is 5.41. The predicted octanol–water partition coefficient (Wildman–Crippen LogP) is 3.33. The summed E-state index contributed by atoms with van der Waals surface area (Å²) in [5.41, 5.74) is 1.38. The van der Waals surface area contributed by atoms with Crippen LogP contribution in [-0.2, 0) is 4.79 Å². The maximum Gasteiger partial charge on any atom is 0.338 e. The molecule has 23 heavy (non-hydrogen) atoms. The van der Waals surface area contributed by atoms with Gasteiger partial charge in [-0.2, -0.15) is 0 Å². The standard InChI is InChI=1S/C19H14O4/c1-3-11(2)19(22)23-15-10-6-9-14-16(15)18(21)13-8-5-4-7-12(13)17(14)20/h4-10H,2-3H2,1H3. The van der Waals surface area contributed by atoms with Gasteiger partial charge in [0.25, 0.3) is 0 Å². The minimum absolute atomic E-state index is 0.0925. The van der Waals surface area contributed by atoms with E-state index in [1.807, 2.05) is 0 Å². The van der Waals surface area contributed by atoms with Gasteiger partial charge in [0.2, 0.25) is 0 Å². The second-order valence-electron chi connectivity index (χ2n) is 5.23. The Balaban J connectivity index is 2.11. The molecule has 0 saturated heterocycles. The van der Waals surface area contributed by atoms with Crippen molar-refractivity contribution in [1.29, 1.82) is 0 Å². The fourth-order valence-electron chi connectivity index (χ4n) is 2.51. The third kappa shape index (κ3) is 2.38. The van der Waals surface area contributed by atoms with Gasteiger partial charge in [-0.05, 0) is 12.5 Å². The van der Waals surface area contributed by atoms with Crippen LogP contribution in [0.5, 0.6) is 5.75 Å². The van der Waals surface area contributed by atoms with Gasteiger partial charge in [-0.25, -0.2) is 4.79 Å². The fourth-order valence-corrected chi connectivity index (χ4v) is 2.51. The lowest BCUT2D eigenvalue weighted by molar-refractivity contribution is -0.130. The minimum atomic E-state index is -0.597. The topological polar surface area (TPSA) is 60.4 Å². The van der Waals surface area contributed by atoms with Crippen LogP contribution < -0.4 is 4.74 Å². The molecule has 0 fully saturated rings. The summed E-state index contributed by atoms with van der Waals surface area (Å²) in [6, 6.07) is 11.3. The Morgan fingerprint density at radius 3 is 2.22 bits per heavy atom. The van der Waals surface area contributed by atoms with Crippen LogP contribution in [0, 0.1) is 0 Å². The number of fused-ring (bicyclic) bond motifs is 2. The molecule has 0 atom stereocenters. The molecule has 4 heteroatoms. The molecule has 1 aliphatic carbocycles. The Bertz CT molecular complexity index is 861. The molecule has 4 nitrogen and oxygen atoms in total. The van der Waals surface area contributed by atoms with E-state index in [4.69, 9.17) is 4.74 Å². The highest BCUT2D eigenvalue weighted by molar-refractivity contribution is 6.29. The average Bonchev–Trinajstić information content (AvgIpc) is 2.58. The molecule has 0 N–H and O–H groups in total. The lowest BCUT2D eigenvalue weighted by atomic mass is 9.83. The van der Waals surface area contributed by atoms with Gasteiger partial charge in [-0.1, -0.05) is 49.9 Å². The Hall–Kier alpha value is -3.01. The van der Waals surface area contributed by atoms with E-state index in [2.05, 4.69) is 6.58 Å². The Labute approximate surface area is 133 Å². The van der Waals surface area contributed by atoms with Crippen molar-refractivity contribution in [3.05, 3.63) is 76.9 Å². The first kappa shape index (κ1) is 14.9. The number of rotatable bonds is 3. The van der Waals surface area contributed by atoms with Gasteiger partial charge in [-0.3, -0.25) is 9.59 Å². The van der Waals surface area contributed by atoms with Gasteiger partial charge in [0.05, 0.1) is 5.56 Å². The van der Waals surface area contributed by atoms with Crippen LogP contribution in [0.4, 0.5) is 0 Å². The van der Waals surface area contributed by atoms with Crippen LogP contribution in [0.25, 0.3) is 0 Å². The summed E-state index contributed by atoms with van der Waals surface area (Å²) in [4.78, 5) is 37.2. The van der Waals surface area contributed by atoms with E-state index in [0.29, 0.717) is 23.1 Å². The summed E-state index contributed by atoms with van der Waals surface area (Å²) in [5.74, 6) is -1.07. The molecule has 0 radical (unpaired) electrons. The van der Waals surface area contributed by atoms with Crippen LogP contribution in [-0.4, -0.2) is 17.5 Å². The van der Waals surface area contributed by atoms with Crippen molar-refractivity contribution in [1.82, 2.24) is 0 Å². The predicted molar refractivity (Wildman–Crippen MR) is 84.8 cm³/mol. The van der Waals surface area contributed by atoms with Gasteiger partial charge in [0.15, 0.2) is 11.6 Å². The van der Waals surface area contributed by atoms with E-state index in [1.165, 1.54) is 6.07 Å². The van der Waals surface area contributed by atoms with Crippen LogP contribution >= 0.6 is 0 Å². The Kier molecular flexibility index (Phi) is 3.66. The quantitative estimate of drug-likeness (QED) is 0.423. The van der Waals surface area contributed by atoms with Gasteiger partial charge in [-0.15, -0.1) is 0 Å². The van der Waals surface area contributed by atoms with Crippen molar-refractivity contribution in [2.45, 2.75) is 13.3 Å². The molecule has 0 unspecified atom stereocenters. The zero-order valence-corrected chi connectivity index (χ0v) is 12.6. The summed E-state index contributed by atoms with van der Waals surface area (Å²) >= 11 is 0. The lowest BCUT2D eigenvalue weighted by Gasteiger charge is -2.19. The van der Waals surface area contributed by atoms with Crippen molar-refractivity contribution in [2.24, 2.45) is 0 Å². The molecule has 0 aliphatic heterocycles. The molecule has 2 aromatic carbocycles. The zero-order valence-electron chi connectivity index (χ0n) is 12.6.